The van der Waals surface area contributed by atoms with Gasteiger partial charge in [0.1, 0.15) is 0 Å². The van der Waals surface area contributed by atoms with E-state index in [0.717, 1.165) is 19.7 Å². The van der Waals surface area contributed by atoms with Crippen molar-refractivity contribution in [3.63, 3.8) is 0 Å². The van der Waals surface area contributed by atoms with Crippen LogP contribution in [-0.4, -0.2) is 50.3 Å². The summed E-state index contributed by atoms with van der Waals surface area (Å²) in [6, 6.07) is 0. The Kier molecular flexibility index (Phi) is 7.37. The van der Waals surface area contributed by atoms with Crippen molar-refractivity contribution < 1.29 is 4.74 Å². The molecule has 2 fully saturated rings. The maximum atomic E-state index is 5.80. The molecular weight excluding hydrogens is 224 g/mol. The molecule has 2 aliphatic heterocycles. The van der Waals surface area contributed by atoms with Crippen molar-refractivity contribution >= 4 is 12.4 Å². The number of likely N-dealkylation sites (tertiary alicyclic amines) is 1. The van der Waals surface area contributed by atoms with Gasteiger partial charge in [0.25, 0.3) is 0 Å². The van der Waals surface area contributed by atoms with Gasteiger partial charge in [0, 0.05) is 19.7 Å². The first-order valence-corrected chi connectivity index (χ1v) is 6.50. The van der Waals surface area contributed by atoms with Crippen LogP contribution in [0.5, 0.6) is 0 Å². The lowest BCUT2D eigenvalue weighted by Gasteiger charge is -2.26. The summed E-state index contributed by atoms with van der Waals surface area (Å²) in [5, 5.41) is 3.33. The molecular formula is C12H25ClN2O. The van der Waals surface area contributed by atoms with E-state index in [-0.39, 0.29) is 12.4 Å². The van der Waals surface area contributed by atoms with E-state index in [1.807, 2.05) is 0 Å². The summed E-state index contributed by atoms with van der Waals surface area (Å²) >= 11 is 0. The fourth-order valence-corrected chi connectivity index (χ4v) is 2.49. The highest BCUT2D eigenvalue weighted by atomic mass is 35.5. The molecule has 0 bridgehead atoms. The van der Waals surface area contributed by atoms with Gasteiger partial charge in [-0.25, -0.2) is 0 Å². The summed E-state index contributed by atoms with van der Waals surface area (Å²) in [5.41, 5.74) is 0. The first-order chi connectivity index (χ1) is 7.45. The molecule has 0 saturated carbocycles. The third kappa shape index (κ3) is 5.00. The minimum absolute atomic E-state index is 0. The summed E-state index contributed by atoms with van der Waals surface area (Å²) in [7, 11) is 0. The third-order valence-corrected chi connectivity index (χ3v) is 3.44. The predicted octanol–water partition coefficient (Wildman–Crippen LogP) is 1.66. The average Bonchev–Trinajstić information content (AvgIpc) is 2.79. The Hall–Kier alpha value is 0.170. The van der Waals surface area contributed by atoms with Crippen LogP contribution in [0.2, 0.25) is 0 Å². The fraction of sp³-hybridized carbons (Fsp3) is 1.00. The van der Waals surface area contributed by atoms with Gasteiger partial charge in [-0.1, -0.05) is 6.42 Å². The normalized spacial score (nSPS) is 26.6. The maximum absolute atomic E-state index is 5.80. The van der Waals surface area contributed by atoms with Crippen molar-refractivity contribution in [2.24, 2.45) is 0 Å². The second kappa shape index (κ2) is 8.29. The Morgan fingerprint density at radius 2 is 2.00 bits per heavy atom. The zero-order valence-electron chi connectivity index (χ0n) is 10.1. The van der Waals surface area contributed by atoms with Gasteiger partial charge >= 0.3 is 0 Å². The van der Waals surface area contributed by atoms with E-state index < -0.39 is 0 Å². The molecule has 2 rings (SSSR count). The van der Waals surface area contributed by atoms with E-state index in [0.29, 0.717) is 6.10 Å². The molecule has 3 nitrogen and oxygen atoms in total. The highest BCUT2D eigenvalue weighted by molar-refractivity contribution is 5.85. The second-order valence-corrected chi connectivity index (χ2v) is 4.74. The molecule has 0 radical (unpaired) electrons. The predicted molar refractivity (Wildman–Crippen MR) is 69.4 cm³/mol. The van der Waals surface area contributed by atoms with Crippen molar-refractivity contribution in [3.05, 3.63) is 0 Å². The number of nitrogens with one attached hydrogen (secondary N) is 1. The average molecular weight is 249 g/mol. The summed E-state index contributed by atoms with van der Waals surface area (Å²) in [4.78, 5) is 2.58. The molecule has 0 aromatic carbocycles. The van der Waals surface area contributed by atoms with Crippen LogP contribution in [0.25, 0.3) is 0 Å². The fourth-order valence-electron chi connectivity index (χ4n) is 2.49. The summed E-state index contributed by atoms with van der Waals surface area (Å²) in [6.07, 6.45) is 7.12. The van der Waals surface area contributed by atoms with Crippen LogP contribution >= 0.6 is 12.4 Å². The number of ether oxygens (including phenoxy) is 1. The minimum Gasteiger partial charge on any atom is -0.377 e. The molecule has 0 aromatic rings. The Morgan fingerprint density at radius 3 is 2.69 bits per heavy atom. The Morgan fingerprint density at radius 1 is 1.19 bits per heavy atom. The van der Waals surface area contributed by atoms with Crippen molar-refractivity contribution in [1.82, 2.24) is 10.2 Å². The number of hydrogen-bond donors (Lipinski definition) is 1. The molecule has 2 heterocycles. The van der Waals surface area contributed by atoms with Crippen molar-refractivity contribution in [1.29, 1.82) is 0 Å². The van der Waals surface area contributed by atoms with E-state index in [1.54, 1.807) is 0 Å². The van der Waals surface area contributed by atoms with Gasteiger partial charge in [-0.15, -0.1) is 12.4 Å². The largest absolute Gasteiger partial charge is 0.377 e. The minimum atomic E-state index is 0. The second-order valence-electron chi connectivity index (χ2n) is 4.74. The molecule has 0 amide bonds. The number of halogens is 1. The molecule has 2 saturated heterocycles. The Labute approximate surface area is 105 Å². The summed E-state index contributed by atoms with van der Waals surface area (Å²) in [5.74, 6) is 0. The van der Waals surface area contributed by atoms with Crippen molar-refractivity contribution in [2.45, 2.75) is 38.2 Å². The first-order valence-electron chi connectivity index (χ1n) is 6.50. The lowest BCUT2D eigenvalue weighted by Crippen LogP contribution is -2.31. The Bertz CT molecular complexity index is 168. The molecule has 0 unspecified atom stereocenters. The molecule has 0 aliphatic carbocycles. The van der Waals surface area contributed by atoms with Crippen LogP contribution in [0, 0.1) is 0 Å². The molecule has 1 atom stereocenters. The highest BCUT2D eigenvalue weighted by Gasteiger charge is 2.14. The van der Waals surface area contributed by atoms with E-state index in [4.69, 9.17) is 4.74 Å². The molecule has 0 spiro atoms. The zero-order valence-corrected chi connectivity index (χ0v) is 10.9. The smallest absolute Gasteiger partial charge is 0.0711 e. The van der Waals surface area contributed by atoms with Crippen LogP contribution in [0.1, 0.15) is 32.1 Å². The number of rotatable bonds is 5. The van der Waals surface area contributed by atoms with E-state index in [2.05, 4.69) is 10.2 Å². The van der Waals surface area contributed by atoms with E-state index in [1.165, 1.54) is 51.7 Å². The summed E-state index contributed by atoms with van der Waals surface area (Å²) in [6.45, 7) is 7.00. The third-order valence-electron chi connectivity index (χ3n) is 3.44. The quantitative estimate of drug-likeness (QED) is 0.749. The van der Waals surface area contributed by atoms with Crippen LogP contribution in [0.3, 0.4) is 0 Å². The molecule has 0 aromatic heterocycles. The van der Waals surface area contributed by atoms with Gasteiger partial charge in [-0.3, -0.25) is 0 Å². The Balaban J connectivity index is 0.00000128. The standard InChI is InChI=1S/C12H24N2O.ClH/c1-2-7-14(8-3-1)9-4-10-15-12-5-6-13-11-12;/h12-13H,1-11H2;1H/t12-;/m1./s1. The van der Waals surface area contributed by atoms with Crippen LogP contribution in [-0.2, 0) is 4.74 Å². The van der Waals surface area contributed by atoms with Gasteiger partial charge in [-0.2, -0.15) is 0 Å². The molecule has 4 heteroatoms. The van der Waals surface area contributed by atoms with Gasteiger partial charge in [0.2, 0.25) is 0 Å². The monoisotopic (exact) mass is 248 g/mol. The van der Waals surface area contributed by atoms with Gasteiger partial charge in [0.15, 0.2) is 0 Å². The molecule has 1 N–H and O–H groups in total. The van der Waals surface area contributed by atoms with E-state index >= 15 is 0 Å². The van der Waals surface area contributed by atoms with Crippen molar-refractivity contribution in [3.8, 4) is 0 Å². The lowest BCUT2D eigenvalue weighted by atomic mass is 10.1. The number of hydrogen-bond acceptors (Lipinski definition) is 3. The van der Waals surface area contributed by atoms with Crippen LogP contribution < -0.4 is 5.32 Å². The number of piperidine rings is 1. The zero-order chi connectivity index (χ0) is 10.3. The molecule has 96 valence electrons. The van der Waals surface area contributed by atoms with Gasteiger partial charge in [0.05, 0.1) is 6.10 Å². The molecule has 16 heavy (non-hydrogen) atoms. The summed E-state index contributed by atoms with van der Waals surface area (Å²) < 4.78 is 5.80. The first kappa shape index (κ1) is 14.2. The van der Waals surface area contributed by atoms with Crippen LogP contribution in [0.15, 0.2) is 0 Å². The maximum Gasteiger partial charge on any atom is 0.0711 e. The highest BCUT2D eigenvalue weighted by Crippen LogP contribution is 2.09. The lowest BCUT2D eigenvalue weighted by molar-refractivity contribution is 0.0584. The topological polar surface area (TPSA) is 24.5 Å². The van der Waals surface area contributed by atoms with Crippen LogP contribution in [0.4, 0.5) is 0 Å². The number of nitrogens with zero attached hydrogens (tertiary/aromatic N) is 1. The SMILES string of the molecule is C1CCN(CCCO[C@@H]2CCNC2)CC1.Cl. The van der Waals surface area contributed by atoms with Gasteiger partial charge in [-0.05, 0) is 45.3 Å². The van der Waals surface area contributed by atoms with Crippen molar-refractivity contribution in [2.75, 3.05) is 39.3 Å². The molecule has 2 aliphatic rings. The van der Waals surface area contributed by atoms with Gasteiger partial charge < -0.3 is 15.0 Å². The van der Waals surface area contributed by atoms with E-state index in [9.17, 15) is 0 Å².